The van der Waals surface area contributed by atoms with E-state index >= 15 is 0 Å². The van der Waals surface area contributed by atoms with Gasteiger partial charge in [0, 0.05) is 22.7 Å². The van der Waals surface area contributed by atoms with Crippen molar-refractivity contribution in [2.75, 3.05) is 0 Å². The summed E-state index contributed by atoms with van der Waals surface area (Å²) in [5.41, 5.74) is 3.69. The van der Waals surface area contributed by atoms with Crippen molar-refractivity contribution in [2.45, 2.75) is 39.3 Å². The average Bonchev–Trinajstić information content (AvgIpc) is 2.95. The summed E-state index contributed by atoms with van der Waals surface area (Å²) < 4.78 is 5.47. The van der Waals surface area contributed by atoms with Crippen molar-refractivity contribution in [3.05, 3.63) is 71.4 Å². The van der Waals surface area contributed by atoms with Gasteiger partial charge >= 0.3 is 6.09 Å². The number of hydrogen-bond donors (Lipinski definition) is 2. The van der Waals surface area contributed by atoms with Gasteiger partial charge in [-0.3, -0.25) is 0 Å². The second-order valence-electron chi connectivity index (χ2n) is 7.28. The van der Waals surface area contributed by atoms with Crippen LogP contribution in [-0.4, -0.2) is 16.7 Å². The predicted octanol–water partition coefficient (Wildman–Crippen LogP) is 5.09. The first-order valence-corrected chi connectivity index (χ1v) is 8.45. The molecule has 3 rings (SSSR count). The zero-order chi connectivity index (χ0) is 18.0. The van der Waals surface area contributed by atoms with E-state index in [9.17, 15) is 4.79 Å². The second-order valence-corrected chi connectivity index (χ2v) is 7.28. The van der Waals surface area contributed by atoms with Gasteiger partial charge in [0.2, 0.25) is 0 Å². The first-order valence-electron chi connectivity index (χ1n) is 8.45. The number of nitrogens with one attached hydrogen (secondary N) is 2. The minimum Gasteiger partial charge on any atom is -0.444 e. The number of alkyl carbamates (subject to hydrolysis) is 1. The van der Waals surface area contributed by atoms with Gasteiger partial charge in [0.05, 0.1) is 6.04 Å². The van der Waals surface area contributed by atoms with Crippen LogP contribution < -0.4 is 5.32 Å². The SMILES string of the molecule is Cc1cccc(C(NC(=O)OC(C)(C)C)c2c[nH]c3ccccc23)c1. The lowest BCUT2D eigenvalue weighted by molar-refractivity contribution is 0.0512. The Morgan fingerprint density at radius 1 is 1.12 bits per heavy atom. The molecule has 2 aromatic carbocycles. The lowest BCUT2D eigenvalue weighted by Gasteiger charge is -2.24. The zero-order valence-corrected chi connectivity index (χ0v) is 15.1. The van der Waals surface area contributed by atoms with E-state index in [4.69, 9.17) is 4.74 Å². The summed E-state index contributed by atoms with van der Waals surface area (Å²) in [6.07, 6.45) is 1.53. The van der Waals surface area contributed by atoms with Crippen LogP contribution in [0.3, 0.4) is 0 Å². The van der Waals surface area contributed by atoms with Gasteiger partial charge in [-0.1, -0.05) is 48.0 Å². The van der Waals surface area contributed by atoms with Crippen LogP contribution in [0.1, 0.15) is 43.5 Å². The van der Waals surface area contributed by atoms with Crippen LogP contribution >= 0.6 is 0 Å². The molecule has 0 spiro atoms. The maximum atomic E-state index is 12.4. The molecule has 4 nitrogen and oxygen atoms in total. The first-order chi connectivity index (χ1) is 11.8. The van der Waals surface area contributed by atoms with E-state index in [-0.39, 0.29) is 6.04 Å². The number of hydrogen-bond acceptors (Lipinski definition) is 2. The fourth-order valence-corrected chi connectivity index (χ4v) is 2.95. The molecule has 130 valence electrons. The summed E-state index contributed by atoms with van der Waals surface area (Å²) in [5, 5.41) is 4.12. The third-order valence-electron chi connectivity index (χ3n) is 3.97. The number of H-pyrrole nitrogens is 1. The standard InChI is InChI=1S/C21H24N2O2/c1-14-8-7-9-15(12-14)19(23-20(24)25-21(2,3)4)17-13-22-18-11-6-5-10-16(17)18/h5-13,19,22H,1-4H3,(H,23,24). The number of benzene rings is 2. The number of para-hydroxylation sites is 1. The molecule has 1 amide bonds. The highest BCUT2D eigenvalue weighted by molar-refractivity contribution is 5.84. The second kappa shape index (κ2) is 6.63. The molecule has 0 saturated heterocycles. The maximum Gasteiger partial charge on any atom is 0.408 e. The van der Waals surface area contributed by atoms with E-state index in [0.29, 0.717) is 0 Å². The molecule has 25 heavy (non-hydrogen) atoms. The van der Waals surface area contributed by atoms with E-state index in [1.807, 2.05) is 70.3 Å². The van der Waals surface area contributed by atoms with Crippen LogP contribution in [0.5, 0.6) is 0 Å². The quantitative estimate of drug-likeness (QED) is 0.700. The molecule has 1 aromatic heterocycles. The average molecular weight is 336 g/mol. The van der Waals surface area contributed by atoms with Gasteiger partial charge in [-0.2, -0.15) is 0 Å². The van der Waals surface area contributed by atoms with Gasteiger partial charge in [0.25, 0.3) is 0 Å². The molecule has 4 heteroatoms. The van der Waals surface area contributed by atoms with Gasteiger partial charge in [0.1, 0.15) is 5.60 Å². The van der Waals surface area contributed by atoms with Crippen molar-refractivity contribution >= 4 is 17.0 Å². The number of aryl methyl sites for hydroxylation is 1. The first kappa shape index (κ1) is 17.1. The Morgan fingerprint density at radius 2 is 1.88 bits per heavy atom. The van der Waals surface area contributed by atoms with E-state index < -0.39 is 11.7 Å². The van der Waals surface area contributed by atoms with Crippen molar-refractivity contribution in [3.8, 4) is 0 Å². The number of carbonyl (C=O) groups is 1. The topological polar surface area (TPSA) is 54.1 Å². The Bertz CT molecular complexity index is 890. The number of aromatic nitrogens is 1. The molecule has 0 fully saturated rings. The molecular weight excluding hydrogens is 312 g/mol. The minimum atomic E-state index is -0.540. The van der Waals surface area contributed by atoms with Gasteiger partial charge in [0.15, 0.2) is 0 Å². The highest BCUT2D eigenvalue weighted by atomic mass is 16.6. The maximum absolute atomic E-state index is 12.4. The molecule has 0 aliphatic carbocycles. The number of amides is 1. The molecule has 1 unspecified atom stereocenters. The molecule has 3 aromatic rings. The zero-order valence-electron chi connectivity index (χ0n) is 15.1. The fourth-order valence-electron chi connectivity index (χ4n) is 2.95. The van der Waals surface area contributed by atoms with Gasteiger partial charge in [-0.25, -0.2) is 4.79 Å². The van der Waals surface area contributed by atoms with Crippen LogP contribution in [0, 0.1) is 6.92 Å². The molecule has 2 N–H and O–H groups in total. The normalized spacial score (nSPS) is 12.8. The highest BCUT2D eigenvalue weighted by Gasteiger charge is 2.23. The van der Waals surface area contributed by atoms with Crippen LogP contribution in [0.25, 0.3) is 10.9 Å². The fraction of sp³-hybridized carbons (Fsp3) is 0.286. The summed E-state index contributed by atoms with van der Waals surface area (Å²) in [4.78, 5) is 15.7. The molecule has 0 bridgehead atoms. The third kappa shape index (κ3) is 4.02. The molecule has 0 radical (unpaired) electrons. The Morgan fingerprint density at radius 3 is 2.60 bits per heavy atom. The highest BCUT2D eigenvalue weighted by Crippen LogP contribution is 2.29. The minimum absolute atomic E-state index is 0.286. The van der Waals surface area contributed by atoms with Crippen molar-refractivity contribution in [2.24, 2.45) is 0 Å². The number of aromatic amines is 1. The van der Waals surface area contributed by atoms with E-state index in [0.717, 1.165) is 27.6 Å². The lowest BCUT2D eigenvalue weighted by atomic mass is 9.97. The molecule has 0 aliphatic heterocycles. The van der Waals surface area contributed by atoms with E-state index in [1.54, 1.807) is 0 Å². The van der Waals surface area contributed by atoms with Crippen LogP contribution in [0.15, 0.2) is 54.7 Å². The Kier molecular flexibility index (Phi) is 4.53. The smallest absolute Gasteiger partial charge is 0.408 e. The number of ether oxygens (including phenoxy) is 1. The monoisotopic (exact) mass is 336 g/mol. The van der Waals surface area contributed by atoms with Gasteiger partial charge in [-0.05, 0) is 39.3 Å². The Balaban J connectivity index is 2.02. The number of carbonyl (C=O) groups excluding carboxylic acids is 1. The molecule has 1 heterocycles. The van der Waals surface area contributed by atoms with Crippen LogP contribution in [0.2, 0.25) is 0 Å². The lowest BCUT2D eigenvalue weighted by Crippen LogP contribution is -2.35. The van der Waals surface area contributed by atoms with Crippen molar-refractivity contribution in [1.29, 1.82) is 0 Å². The van der Waals surface area contributed by atoms with E-state index in [1.165, 1.54) is 0 Å². The molecule has 0 saturated carbocycles. The summed E-state index contributed by atoms with van der Waals surface area (Å²) in [6, 6.07) is 15.9. The van der Waals surface area contributed by atoms with Crippen LogP contribution in [-0.2, 0) is 4.74 Å². The molecule has 0 aliphatic rings. The summed E-state index contributed by atoms with van der Waals surface area (Å²) in [7, 11) is 0. The van der Waals surface area contributed by atoms with Gasteiger partial charge < -0.3 is 15.0 Å². The van der Waals surface area contributed by atoms with Crippen LogP contribution in [0.4, 0.5) is 4.79 Å². The number of rotatable bonds is 3. The molecule has 1 atom stereocenters. The van der Waals surface area contributed by atoms with Crippen molar-refractivity contribution in [3.63, 3.8) is 0 Å². The number of fused-ring (bicyclic) bond motifs is 1. The Hall–Kier alpha value is -2.75. The van der Waals surface area contributed by atoms with Crippen molar-refractivity contribution < 1.29 is 9.53 Å². The largest absolute Gasteiger partial charge is 0.444 e. The van der Waals surface area contributed by atoms with E-state index in [2.05, 4.69) is 22.4 Å². The summed E-state index contributed by atoms with van der Waals surface area (Å²) in [6.45, 7) is 7.63. The van der Waals surface area contributed by atoms with Crippen molar-refractivity contribution in [1.82, 2.24) is 10.3 Å². The Labute approximate surface area is 148 Å². The van der Waals surface area contributed by atoms with Gasteiger partial charge in [-0.15, -0.1) is 0 Å². The third-order valence-corrected chi connectivity index (χ3v) is 3.97. The summed E-state index contributed by atoms with van der Waals surface area (Å²) >= 11 is 0. The molecular formula is C21H24N2O2. The predicted molar refractivity (Wildman–Crippen MR) is 101 cm³/mol. The summed E-state index contributed by atoms with van der Waals surface area (Å²) in [5.74, 6) is 0.